The Morgan fingerprint density at radius 2 is 1.80 bits per heavy atom. The SMILES string of the molecule is CC.C[N-]C1CCN(CC(C)=O)CC1.[V]. The molecule has 0 spiro atoms. The van der Waals surface area contributed by atoms with Crippen LogP contribution in [0.5, 0.6) is 0 Å². The van der Waals surface area contributed by atoms with Crippen molar-refractivity contribution < 1.29 is 23.4 Å². The van der Waals surface area contributed by atoms with Crippen molar-refractivity contribution in [1.82, 2.24) is 4.90 Å². The number of carbonyl (C=O) groups excluding carboxylic acids is 1. The van der Waals surface area contributed by atoms with E-state index in [4.69, 9.17) is 0 Å². The maximum Gasteiger partial charge on any atom is 0.143 e. The van der Waals surface area contributed by atoms with Crippen LogP contribution in [0.25, 0.3) is 5.32 Å². The average molecular weight is 250 g/mol. The first-order valence-electron chi connectivity index (χ1n) is 5.53. The van der Waals surface area contributed by atoms with Crippen molar-refractivity contribution in [3.63, 3.8) is 0 Å². The third kappa shape index (κ3) is 8.03. The number of likely N-dealkylation sites (tertiary alicyclic amines) is 1. The Hall–Kier alpha value is 0.174. The molecular formula is C11H23N2OV-. The fourth-order valence-corrected chi connectivity index (χ4v) is 1.65. The number of Topliss-reactive ketones (excluding diaryl/α,β-unsaturated/α-hetero) is 1. The summed E-state index contributed by atoms with van der Waals surface area (Å²) in [6, 6.07) is 0.535. The molecule has 0 aromatic rings. The minimum Gasteiger partial charge on any atom is -0.662 e. The molecule has 0 bridgehead atoms. The Kier molecular flexibility index (Phi) is 12.5. The minimum atomic E-state index is 0. The van der Waals surface area contributed by atoms with Crippen LogP contribution in [-0.4, -0.2) is 43.4 Å². The number of nitrogens with zero attached hydrogens (tertiary/aromatic N) is 2. The van der Waals surface area contributed by atoms with E-state index < -0.39 is 0 Å². The van der Waals surface area contributed by atoms with Crippen LogP contribution in [0.15, 0.2) is 0 Å². The monoisotopic (exact) mass is 250 g/mol. The van der Waals surface area contributed by atoms with Gasteiger partial charge in [0.2, 0.25) is 0 Å². The van der Waals surface area contributed by atoms with E-state index in [1.807, 2.05) is 20.9 Å². The first-order chi connectivity index (χ1) is 6.72. The Bertz CT molecular complexity index is 157. The van der Waals surface area contributed by atoms with Gasteiger partial charge in [0.25, 0.3) is 0 Å². The van der Waals surface area contributed by atoms with Crippen LogP contribution in [0.2, 0.25) is 0 Å². The summed E-state index contributed by atoms with van der Waals surface area (Å²) in [6.45, 7) is 8.33. The second kappa shape index (κ2) is 10.7. The Morgan fingerprint density at radius 1 is 1.33 bits per heavy atom. The zero-order valence-electron chi connectivity index (χ0n) is 10.4. The van der Waals surface area contributed by atoms with Gasteiger partial charge in [0.15, 0.2) is 0 Å². The Balaban J connectivity index is 0. The molecule has 1 aliphatic heterocycles. The number of piperidine rings is 1. The standard InChI is InChI=1S/C9H17N2O.C2H6.V/c1-8(12)7-11-5-3-9(10-2)4-6-11;1-2;/h9H,3-7H2,1-2H3;1-2H3;/q-1;;. The van der Waals surface area contributed by atoms with Gasteiger partial charge in [-0.3, -0.25) is 9.69 Å². The second-order valence-corrected chi connectivity index (χ2v) is 3.47. The van der Waals surface area contributed by atoms with Crippen LogP contribution < -0.4 is 0 Å². The van der Waals surface area contributed by atoms with Gasteiger partial charge in [-0.05, 0) is 20.0 Å². The number of ketones is 1. The summed E-state index contributed by atoms with van der Waals surface area (Å²) in [5.74, 6) is 0.266. The molecule has 0 unspecified atom stereocenters. The summed E-state index contributed by atoms with van der Waals surface area (Å²) in [6.07, 6.45) is 2.23. The van der Waals surface area contributed by atoms with E-state index >= 15 is 0 Å². The summed E-state index contributed by atoms with van der Waals surface area (Å²) in [4.78, 5) is 13.0. The van der Waals surface area contributed by atoms with Crippen molar-refractivity contribution in [2.75, 3.05) is 26.7 Å². The number of rotatable bonds is 3. The largest absolute Gasteiger partial charge is 0.662 e. The molecule has 1 radical (unpaired) electrons. The van der Waals surface area contributed by atoms with E-state index in [-0.39, 0.29) is 24.3 Å². The summed E-state index contributed by atoms with van der Waals surface area (Å²) in [7, 11) is 1.88. The molecule has 4 heteroatoms. The van der Waals surface area contributed by atoms with Crippen LogP contribution >= 0.6 is 0 Å². The van der Waals surface area contributed by atoms with Crippen LogP contribution in [0, 0.1) is 0 Å². The smallest absolute Gasteiger partial charge is 0.143 e. The zero-order valence-corrected chi connectivity index (χ0v) is 11.8. The number of hydrogen-bond acceptors (Lipinski definition) is 2. The van der Waals surface area contributed by atoms with Gasteiger partial charge in [-0.15, -0.1) is 6.04 Å². The Morgan fingerprint density at radius 3 is 2.13 bits per heavy atom. The molecule has 15 heavy (non-hydrogen) atoms. The number of carbonyl (C=O) groups is 1. The molecule has 3 nitrogen and oxygen atoms in total. The van der Waals surface area contributed by atoms with E-state index in [1.165, 1.54) is 0 Å². The molecule has 1 heterocycles. The third-order valence-corrected chi connectivity index (χ3v) is 2.37. The van der Waals surface area contributed by atoms with Crippen molar-refractivity contribution in [3.05, 3.63) is 5.32 Å². The molecule has 0 aliphatic carbocycles. The summed E-state index contributed by atoms with van der Waals surface area (Å²) < 4.78 is 0. The normalized spacial score (nSPS) is 17.3. The van der Waals surface area contributed by atoms with Gasteiger partial charge < -0.3 is 5.32 Å². The third-order valence-electron chi connectivity index (χ3n) is 2.37. The average Bonchev–Trinajstić information content (AvgIpc) is 2.21. The molecule has 0 saturated carbocycles. The molecule has 1 aliphatic rings. The van der Waals surface area contributed by atoms with E-state index in [0.29, 0.717) is 12.6 Å². The molecule has 0 N–H and O–H groups in total. The minimum absolute atomic E-state index is 0. The van der Waals surface area contributed by atoms with Crippen molar-refractivity contribution in [1.29, 1.82) is 0 Å². The van der Waals surface area contributed by atoms with Crippen molar-refractivity contribution in [3.8, 4) is 0 Å². The van der Waals surface area contributed by atoms with Gasteiger partial charge in [0.1, 0.15) is 5.78 Å². The summed E-state index contributed by atoms with van der Waals surface area (Å²) in [5, 5.41) is 4.25. The molecular weight excluding hydrogens is 227 g/mol. The van der Waals surface area contributed by atoms with Gasteiger partial charge in [-0.1, -0.05) is 26.7 Å². The van der Waals surface area contributed by atoms with Gasteiger partial charge in [0, 0.05) is 18.6 Å². The molecule has 0 aromatic heterocycles. The first kappa shape index (κ1) is 17.6. The van der Waals surface area contributed by atoms with Crippen molar-refractivity contribution in [2.45, 2.75) is 39.7 Å². The topological polar surface area (TPSA) is 34.4 Å². The maximum absolute atomic E-state index is 10.8. The van der Waals surface area contributed by atoms with Gasteiger partial charge in [-0.25, -0.2) is 0 Å². The van der Waals surface area contributed by atoms with Crippen molar-refractivity contribution >= 4 is 5.78 Å². The molecule has 0 aromatic carbocycles. The molecule has 1 rings (SSSR count). The van der Waals surface area contributed by atoms with Gasteiger partial charge in [-0.2, -0.15) is 7.05 Å². The van der Waals surface area contributed by atoms with Crippen LogP contribution in [0.1, 0.15) is 33.6 Å². The molecule has 89 valence electrons. The Labute approximate surface area is 106 Å². The summed E-state index contributed by atoms with van der Waals surface area (Å²) >= 11 is 0. The maximum atomic E-state index is 10.8. The molecule has 0 atom stereocenters. The predicted octanol–water partition coefficient (Wildman–Crippen LogP) is 2.07. The van der Waals surface area contributed by atoms with Gasteiger partial charge in [0.05, 0.1) is 6.54 Å². The van der Waals surface area contributed by atoms with Gasteiger partial charge >= 0.3 is 0 Å². The van der Waals surface area contributed by atoms with E-state index in [2.05, 4.69) is 10.2 Å². The fraction of sp³-hybridized carbons (Fsp3) is 0.909. The zero-order chi connectivity index (χ0) is 11.0. The quantitative estimate of drug-likeness (QED) is 0.768. The van der Waals surface area contributed by atoms with Crippen LogP contribution in [0.4, 0.5) is 0 Å². The first-order valence-corrected chi connectivity index (χ1v) is 5.53. The number of hydrogen-bond donors (Lipinski definition) is 0. The molecule has 1 saturated heterocycles. The van der Waals surface area contributed by atoms with Crippen LogP contribution in [-0.2, 0) is 23.4 Å². The van der Waals surface area contributed by atoms with E-state index in [1.54, 1.807) is 6.92 Å². The predicted molar refractivity (Wildman–Crippen MR) is 60.8 cm³/mol. The van der Waals surface area contributed by atoms with E-state index in [9.17, 15) is 4.79 Å². The van der Waals surface area contributed by atoms with Crippen molar-refractivity contribution in [2.24, 2.45) is 0 Å². The van der Waals surface area contributed by atoms with E-state index in [0.717, 1.165) is 25.9 Å². The van der Waals surface area contributed by atoms with Crippen LogP contribution in [0.3, 0.4) is 0 Å². The fourth-order valence-electron chi connectivity index (χ4n) is 1.65. The summed E-state index contributed by atoms with van der Waals surface area (Å²) in [5.41, 5.74) is 0. The molecule has 0 amide bonds. The second-order valence-electron chi connectivity index (χ2n) is 3.47. The molecule has 1 fully saturated rings.